The van der Waals surface area contributed by atoms with Crippen LogP contribution in [-0.2, 0) is 10.5 Å². The van der Waals surface area contributed by atoms with Crippen molar-refractivity contribution >= 4 is 29.4 Å². The first-order chi connectivity index (χ1) is 13.4. The lowest BCUT2D eigenvalue weighted by atomic mass is 10.1. The number of nitrogens with zero attached hydrogens (tertiary/aromatic N) is 1. The largest absolute Gasteiger partial charge is 0.549 e. The lowest BCUT2D eigenvalue weighted by molar-refractivity contribution is -0.301. The van der Waals surface area contributed by atoms with Gasteiger partial charge in [0.05, 0.1) is 25.9 Å². The Balaban J connectivity index is 2.09. The fourth-order valence-electron chi connectivity index (χ4n) is 2.37. The standard InChI is InChI=1S/C20H22N2O5S/c1-13(21-22-20(25)14-4-7-17(26-2)8-5-14)15-6-9-18(27-3)16(10-15)11-28-12-19(23)24/h4-10H,11-12H2,1-3H3,(H,22,25)(H,23,24)/p-1/b21-13-. The Morgan fingerprint density at radius 1 is 1.07 bits per heavy atom. The number of methoxy groups -OCH3 is 2. The second kappa shape index (κ2) is 10.4. The maximum absolute atomic E-state index is 12.2. The summed E-state index contributed by atoms with van der Waals surface area (Å²) >= 11 is 1.22. The smallest absolute Gasteiger partial charge is 0.271 e. The normalized spacial score (nSPS) is 11.0. The Kier molecular flexibility index (Phi) is 7.88. The second-order valence-corrected chi connectivity index (χ2v) is 6.74. The number of hydrogen-bond donors (Lipinski definition) is 1. The van der Waals surface area contributed by atoms with Gasteiger partial charge in [-0.1, -0.05) is 0 Å². The third kappa shape index (κ3) is 6.02. The van der Waals surface area contributed by atoms with Crippen LogP contribution < -0.4 is 20.0 Å². The van der Waals surface area contributed by atoms with Crippen LogP contribution >= 0.6 is 11.8 Å². The number of aliphatic carboxylic acids is 1. The summed E-state index contributed by atoms with van der Waals surface area (Å²) in [6.07, 6.45) is 0. The van der Waals surface area contributed by atoms with Crippen molar-refractivity contribution in [3.8, 4) is 11.5 Å². The van der Waals surface area contributed by atoms with Gasteiger partial charge in [0.15, 0.2) is 0 Å². The molecule has 1 N–H and O–H groups in total. The van der Waals surface area contributed by atoms with Gasteiger partial charge in [-0.3, -0.25) is 4.79 Å². The summed E-state index contributed by atoms with van der Waals surface area (Å²) in [5, 5.41) is 14.7. The van der Waals surface area contributed by atoms with E-state index in [1.54, 1.807) is 51.5 Å². The van der Waals surface area contributed by atoms with E-state index in [0.29, 0.717) is 28.5 Å². The molecule has 8 heteroatoms. The third-order valence-corrected chi connectivity index (χ3v) is 4.81. The first-order valence-corrected chi connectivity index (χ1v) is 9.53. The highest BCUT2D eigenvalue weighted by Gasteiger charge is 2.09. The fourth-order valence-corrected chi connectivity index (χ4v) is 3.08. The number of benzene rings is 2. The third-order valence-electron chi connectivity index (χ3n) is 3.85. The van der Waals surface area contributed by atoms with Crippen molar-refractivity contribution in [2.24, 2.45) is 5.10 Å². The number of rotatable bonds is 9. The molecule has 0 radical (unpaired) electrons. The molecule has 2 aromatic carbocycles. The fraction of sp³-hybridized carbons (Fsp3) is 0.250. The van der Waals surface area contributed by atoms with Crippen LogP contribution in [0, 0.1) is 0 Å². The number of carboxylic acids is 1. The van der Waals surface area contributed by atoms with Gasteiger partial charge in [-0.25, -0.2) is 5.43 Å². The Morgan fingerprint density at radius 3 is 2.36 bits per heavy atom. The number of carbonyl (C=O) groups is 2. The molecule has 7 nitrogen and oxygen atoms in total. The van der Waals surface area contributed by atoms with Gasteiger partial charge in [0.2, 0.25) is 0 Å². The second-order valence-electron chi connectivity index (χ2n) is 5.76. The molecule has 2 rings (SSSR count). The van der Waals surface area contributed by atoms with E-state index >= 15 is 0 Å². The Hall–Kier alpha value is -3.00. The van der Waals surface area contributed by atoms with E-state index in [1.807, 2.05) is 12.1 Å². The van der Waals surface area contributed by atoms with Gasteiger partial charge in [-0.15, -0.1) is 0 Å². The summed E-state index contributed by atoms with van der Waals surface area (Å²) < 4.78 is 10.4. The topological polar surface area (TPSA) is 100 Å². The predicted octanol–water partition coefficient (Wildman–Crippen LogP) is 1.84. The monoisotopic (exact) mass is 401 g/mol. The lowest BCUT2D eigenvalue weighted by Crippen LogP contribution is -2.24. The summed E-state index contributed by atoms with van der Waals surface area (Å²) in [5.41, 5.74) is 5.23. The van der Waals surface area contributed by atoms with Gasteiger partial charge in [0, 0.05) is 22.6 Å². The highest BCUT2D eigenvalue weighted by atomic mass is 32.2. The van der Waals surface area contributed by atoms with Crippen molar-refractivity contribution in [3.63, 3.8) is 0 Å². The molecule has 2 aromatic rings. The minimum Gasteiger partial charge on any atom is -0.549 e. The number of ether oxygens (including phenoxy) is 2. The number of carboxylic acid groups (broad SMARTS) is 1. The highest BCUT2D eigenvalue weighted by Crippen LogP contribution is 2.25. The molecule has 0 bridgehead atoms. The summed E-state index contributed by atoms with van der Waals surface area (Å²) in [6.45, 7) is 1.77. The van der Waals surface area contributed by atoms with Crippen LogP contribution in [0.15, 0.2) is 47.6 Å². The SMILES string of the molecule is COc1ccc(C(=O)N/N=C(/C)c2ccc(OC)c(CSCC(=O)[O-])c2)cc1. The van der Waals surface area contributed by atoms with E-state index in [-0.39, 0.29) is 11.7 Å². The lowest BCUT2D eigenvalue weighted by Gasteiger charge is -2.11. The number of amides is 1. The van der Waals surface area contributed by atoms with Gasteiger partial charge in [0.1, 0.15) is 11.5 Å². The number of hydrogen-bond acceptors (Lipinski definition) is 7. The Labute approximate surface area is 167 Å². The molecule has 1 amide bonds. The van der Waals surface area contributed by atoms with E-state index in [4.69, 9.17) is 9.47 Å². The molecule has 148 valence electrons. The van der Waals surface area contributed by atoms with E-state index in [2.05, 4.69) is 10.5 Å². The minimum absolute atomic E-state index is 0.0988. The van der Waals surface area contributed by atoms with E-state index in [0.717, 1.165) is 11.1 Å². The molecule has 0 spiro atoms. The average Bonchev–Trinajstić information content (AvgIpc) is 2.71. The van der Waals surface area contributed by atoms with Crippen LogP contribution in [0.5, 0.6) is 11.5 Å². The molecule has 0 aliphatic rings. The highest BCUT2D eigenvalue weighted by molar-refractivity contribution is 7.99. The van der Waals surface area contributed by atoms with Crippen LogP contribution in [0.2, 0.25) is 0 Å². The quantitative estimate of drug-likeness (QED) is 0.508. The minimum atomic E-state index is -1.11. The first-order valence-electron chi connectivity index (χ1n) is 8.38. The zero-order valence-corrected chi connectivity index (χ0v) is 16.7. The molecule has 0 aliphatic heterocycles. The summed E-state index contributed by atoms with van der Waals surface area (Å²) in [7, 11) is 3.11. The zero-order chi connectivity index (χ0) is 20.5. The molecule has 0 saturated heterocycles. The van der Waals surface area contributed by atoms with Crippen molar-refractivity contribution in [1.29, 1.82) is 0 Å². The molecule has 0 saturated carbocycles. The van der Waals surface area contributed by atoms with Gasteiger partial charge < -0.3 is 19.4 Å². The summed E-state index contributed by atoms with van der Waals surface area (Å²) in [4.78, 5) is 22.8. The molecule has 0 atom stereocenters. The van der Waals surface area contributed by atoms with E-state index < -0.39 is 5.97 Å². The molecule has 0 fully saturated rings. The molecule has 0 heterocycles. The van der Waals surface area contributed by atoms with Gasteiger partial charge in [0.25, 0.3) is 5.91 Å². The van der Waals surface area contributed by atoms with Crippen LogP contribution in [-0.4, -0.2) is 37.6 Å². The molecule has 0 unspecified atom stereocenters. The molecular formula is C20H21N2O5S-. The van der Waals surface area contributed by atoms with Gasteiger partial charge in [-0.05, 0) is 55.0 Å². The van der Waals surface area contributed by atoms with Crippen LogP contribution in [0.4, 0.5) is 0 Å². The van der Waals surface area contributed by atoms with Crippen molar-refractivity contribution in [2.45, 2.75) is 12.7 Å². The van der Waals surface area contributed by atoms with Crippen molar-refractivity contribution in [2.75, 3.05) is 20.0 Å². The molecule has 0 aromatic heterocycles. The van der Waals surface area contributed by atoms with Crippen LogP contribution in [0.3, 0.4) is 0 Å². The Morgan fingerprint density at radius 2 is 1.75 bits per heavy atom. The summed E-state index contributed by atoms with van der Waals surface area (Å²) in [5.74, 6) is 0.233. The number of hydrazone groups is 1. The molecule has 28 heavy (non-hydrogen) atoms. The van der Waals surface area contributed by atoms with Crippen LogP contribution in [0.1, 0.15) is 28.4 Å². The molecular weight excluding hydrogens is 380 g/mol. The van der Waals surface area contributed by atoms with E-state index in [1.165, 1.54) is 11.8 Å². The van der Waals surface area contributed by atoms with Gasteiger partial charge in [-0.2, -0.15) is 16.9 Å². The van der Waals surface area contributed by atoms with Gasteiger partial charge >= 0.3 is 0 Å². The van der Waals surface area contributed by atoms with Crippen molar-refractivity contribution in [3.05, 3.63) is 59.2 Å². The maximum atomic E-state index is 12.2. The summed E-state index contributed by atoms with van der Waals surface area (Å²) in [6, 6.07) is 12.2. The van der Waals surface area contributed by atoms with E-state index in [9.17, 15) is 14.7 Å². The van der Waals surface area contributed by atoms with Crippen molar-refractivity contribution < 1.29 is 24.2 Å². The zero-order valence-electron chi connectivity index (χ0n) is 15.9. The number of nitrogens with one attached hydrogen (secondary N) is 1. The van der Waals surface area contributed by atoms with Crippen molar-refractivity contribution in [1.82, 2.24) is 5.43 Å². The predicted molar refractivity (Wildman–Crippen MR) is 107 cm³/mol. The molecule has 0 aliphatic carbocycles. The number of carbonyl (C=O) groups excluding carboxylic acids is 2. The maximum Gasteiger partial charge on any atom is 0.271 e. The average molecular weight is 401 g/mol. The Bertz CT molecular complexity index is 865. The number of thioether (sulfide) groups is 1. The first kappa shape index (κ1) is 21.3. The van der Waals surface area contributed by atoms with Crippen LogP contribution in [0.25, 0.3) is 0 Å².